The third-order valence-corrected chi connectivity index (χ3v) is 3.99. The number of hydrazine groups is 1. The van der Waals surface area contributed by atoms with Crippen LogP contribution < -0.4 is 5.01 Å². The molecule has 0 aromatic heterocycles. The summed E-state index contributed by atoms with van der Waals surface area (Å²) in [6, 6.07) is 9.91. The molecule has 0 unspecified atom stereocenters. The molecule has 0 bridgehead atoms. The molecule has 0 atom stereocenters. The zero-order valence-electron chi connectivity index (χ0n) is 11.9. The molecule has 0 aliphatic carbocycles. The van der Waals surface area contributed by atoms with E-state index in [0.29, 0.717) is 5.56 Å². The zero-order valence-corrected chi connectivity index (χ0v) is 11.9. The summed E-state index contributed by atoms with van der Waals surface area (Å²) in [5.41, 5.74) is 3.28. The van der Waals surface area contributed by atoms with Crippen LogP contribution in [0.15, 0.2) is 36.0 Å². The van der Waals surface area contributed by atoms with E-state index in [1.54, 1.807) is 0 Å². The maximum Gasteiger partial charge on any atom is 0.0991 e. The minimum absolute atomic E-state index is 0.705. The average molecular weight is 268 g/mol. The van der Waals surface area contributed by atoms with E-state index in [2.05, 4.69) is 34.2 Å². The van der Waals surface area contributed by atoms with Gasteiger partial charge >= 0.3 is 0 Å². The fourth-order valence-electron chi connectivity index (χ4n) is 2.96. The molecule has 2 aliphatic heterocycles. The number of benzene rings is 1. The lowest BCUT2D eigenvalue weighted by Gasteiger charge is -2.25. The van der Waals surface area contributed by atoms with E-state index in [-0.39, 0.29) is 0 Å². The summed E-state index contributed by atoms with van der Waals surface area (Å²) in [6.45, 7) is 4.53. The predicted molar refractivity (Wildman–Crippen MR) is 80.0 cm³/mol. The van der Waals surface area contributed by atoms with Gasteiger partial charge in [0.15, 0.2) is 0 Å². The van der Waals surface area contributed by atoms with Gasteiger partial charge < -0.3 is 0 Å². The molecule has 0 amide bonds. The van der Waals surface area contributed by atoms with Gasteiger partial charge in [-0.1, -0.05) is 0 Å². The Labute approximate surface area is 120 Å². The van der Waals surface area contributed by atoms with Gasteiger partial charge in [0.25, 0.3) is 0 Å². The lowest BCUT2D eigenvalue weighted by Crippen LogP contribution is -2.31. The molecular formula is C16H20N4. The van der Waals surface area contributed by atoms with Crippen molar-refractivity contribution in [3.8, 4) is 6.07 Å². The number of rotatable bonds is 3. The van der Waals surface area contributed by atoms with Crippen molar-refractivity contribution in [1.29, 1.82) is 5.26 Å². The Hall–Kier alpha value is -1.83. The van der Waals surface area contributed by atoms with Crippen LogP contribution in [-0.4, -0.2) is 43.1 Å². The first kappa shape index (κ1) is 13.2. The van der Waals surface area contributed by atoms with Crippen molar-refractivity contribution in [2.75, 3.05) is 38.2 Å². The smallest absolute Gasteiger partial charge is 0.0991 e. The topological polar surface area (TPSA) is 33.5 Å². The van der Waals surface area contributed by atoms with Crippen molar-refractivity contribution in [1.82, 2.24) is 9.91 Å². The summed E-state index contributed by atoms with van der Waals surface area (Å²) >= 11 is 0. The SMILES string of the molecule is CN1CC(CN2CCCC2)=CN1c1ccc(C#N)cc1. The molecule has 20 heavy (non-hydrogen) atoms. The average Bonchev–Trinajstić information content (AvgIpc) is 3.09. The van der Waals surface area contributed by atoms with Crippen LogP contribution >= 0.6 is 0 Å². The van der Waals surface area contributed by atoms with Gasteiger partial charge in [-0.3, -0.25) is 9.91 Å². The highest BCUT2D eigenvalue weighted by Crippen LogP contribution is 2.24. The standard InChI is InChI=1S/C16H20N4/c1-18-11-15(12-19-8-2-3-9-19)13-20(18)16-6-4-14(10-17)5-7-16/h4-7,13H,2-3,8-9,11-12H2,1H3. The second kappa shape index (κ2) is 5.66. The Kier molecular flexibility index (Phi) is 3.72. The van der Waals surface area contributed by atoms with Crippen LogP contribution in [0.1, 0.15) is 18.4 Å². The van der Waals surface area contributed by atoms with E-state index in [4.69, 9.17) is 5.26 Å². The van der Waals surface area contributed by atoms with Crippen molar-refractivity contribution >= 4 is 5.69 Å². The normalized spacial score (nSPS) is 20.2. The van der Waals surface area contributed by atoms with Crippen molar-refractivity contribution < 1.29 is 0 Å². The van der Waals surface area contributed by atoms with Crippen LogP contribution in [0.2, 0.25) is 0 Å². The molecule has 4 nitrogen and oxygen atoms in total. The van der Waals surface area contributed by atoms with Gasteiger partial charge in [-0.05, 0) is 55.8 Å². The molecule has 1 aromatic rings. The Morgan fingerprint density at radius 2 is 1.85 bits per heavy atom. The second-order valence-electron chi connectivity index (χ2n) is 5.59. The highest BCUT2D eigenvalue weighted by molar-refractivity contribution is 5.52. The summed E-state index contributed by atoms with van der Waals surface area (Å²) in [4.78, 5) is 2.53. The number of nitriles is 1. The summed E-state index contributed by atoms with van der Waals surface area (Å²) < 4.78 is 0. The highest BCUT2D eigenvalue weighted by Gasteiger charge is 2.22. The third-order valence-electron chi connectivity index (χ3n) is 3.99. The fraction of sp³-hybridized carbons (Fsp3) is 0.438. The molecule has 1 fully saturated rings. The van der Waals surface area contributed by atoms with Crippen LogP contribution in [0.3, 0.4) is 0 Å². The van der Waals surface area contributed by atoms with E-state index >= 15 is 0 Å². The minimum atomic E-state index is 0.705. The molecule has 1 saturated heterocycles. The van der Waals surface area contributed by atoms with E-state index in [1.807, 2.05) is 24.3 Å². The highest BCUT2D eigenvalue weighted by atomic mass is 15.6. The molecule has 2 aliphatic rings. The van der Waals surface area contributed by atoms with Gasteiger partial charge in [0, 0.05) is 26.3 Å². The molecule has 0 spiro atoms. The van der Waals surface area contributed by atoms with Gasteiger partial charge in [-0.2, -0.15) is 5.26 Å². The number of likely N-dealkylation sites (N-methyl/N-ethyl adjacent to an activating group) is 1. The van der Waals surface area contributed by atoms with E-state index in [0.717, 1.165) is 18.8 Å². The van der Waals surface area contributed by atoms with Gasteiger partial charge in [0.05, 0.1) is 17.3 Å². The number of hydrogen-bond acceptors (Lipinski definition) is 4. The van der Waals surface area contributed by atoms with Crippen LogP contribution in [0.25, 0.3) is 0 Å². The molecule has 0 N–H and O–H groups in total. The first-order chi connectivity index (χ1) is 9.76. The summed E-state index contributed by atoms with van der Waals surface area (Å²) in [6.07, 6.45) is 4.91. The Morgan fingerprint density at radius 1 is 1.15 bits per heavy atom. The molecule has 0 radical (unpaired) electrons. The molecule has 104 valence electrons. The van der Waals surface area contributed by atoms with E-state index in [9.17, 15) is 0 Å². The number of nitrogens with zero attached hydrogens (tertiary/aromatic N) is 4. The fourth-order valence-corrected chi connectivity index (χ4v) is 2.96. The lowest BCUT2D eigenvalue weighted by molar-refractivity contribution is 0.347. The summed E-state index contributed by atoms with van der Waals surface area (Å²) in [5.74, 6) is 0. The zero-order chi connectivity index (χ0) is 13.9. The van der Waals surface area contributed by atoms with Crippen molar-refractivity contribution in [3.63, 3.8) is 0 Å². The summed E-state index contributed by atoms with van der Waals surface area (Å²) in [7, 11) is 2.10. The number of anilines is 1. The molecule has 2 heterocycles. The van der Waals surface area contributed by atoms with E-state index in [1.165, 1.54) is 31.5 Å². The van der Waals surface area contributed by atoms with Gasteiger partial charge in [-0.25, -0.2) is 5.01 Å². The van der Waals surface area contributed by atoms with Crippen molar-refractivity contribution in [2.45, 2.75) is 12.8 Å². The monoisotopic (exact) mass is 268 g/mol. The van der Waals surface area contributed by atoms with Crippen molar-refractivity contribution in [3.05, 3.63) is 41.6 Å². The van der Waals surface area contributed by atoms with Gasteiger partial charge in [0.2, 0.25) is 0 Å². The lowest BCUT2D eigenvalue weighted by atomic mass is 10.2. The number of likely N-dealkylation sites (tertiary alicyclic amines) is 1. The molecule has 3 rings (SSSR count). The first-order valence-electron chi connectivity index (χ1n) is 7.18. The maximum absolute atomic E-state index is 8.86. The second-order valence-corrected chi connectivity index (χ2v) is 5.59. The Bertz CT molecular complexity index is 535. The van der Waals surface area contributed by atoms with Crippen LogP contribution in [0.5, 0.6) is 0 Å². The maximum atomic E-state index is 8.86. The molecule has 1 aromatic carbocycles. The van der Waals surface area contributed by atoms with E-state index < -0.39 is 0 Å². The first-order valence-corrected chi connectivity index (χ1v) is 7.18. The quantitative estimate of drug-likeness (QED) is 0.841. The largest absolute Gasteiger partial charge is 0.299 e. The molecular weight excluding hydrogens is 248 g/mol. The van der Waals surface area contributed by atoms with Crippen LogP contribution in [-0.2, 0) is 0 Å². The minimum Gasteiger partial charge on any atom is -0.299 e. The van der Waals surface area contributed by atoms with Crippen LogP contribution in [0, 0.1) is 11.3 Å². The van der Waals surface area contributed by atoms with Gasteiger partial charge in [0.1, 0.15) is 0 Å². The molecule has 0 saturated carbocycles. The van der Waals surface area contributed by atoms with Gasteiger partial charge in [-0.15, -0.1) is 0 Å². The van der Waals surface area contributed by atoms with Crippen LogP contribution in [0.4, 0.5) is 5.69 Å². The Morgan fingerprint density at radius 3 is 2.50 bits per heavy atom. The third kappa shape index (κ3) is 2.69. The Balaban J connectivity index is 1.72. The molecule has 4 heteroatoms. The number of hydrogen-bond donors (Lipinski definition) is 0. The summed E-state index contributed by atoms with van der Waals surface area (Å²) in [5, 5.41) is 13.2. The van der Waals surface area contributed by atoms with Crippen molar-refractivity contribution in [2.24, 2.45) is 0 Å². The predicted octanol–water partition coefficient (Wildman–Crippen LogP) is 2.20.